The molecule has 36 heavy (non-hydrogen) atoms. The summed E-state index contributed by atoms with van der Waals surface area (Å²) in [5.74, 6) is -3.60. The van der Waals surface area contributed by atoms with E-state index >= 15 is 0 Å². The zero-order chi connectivity index (χ0) is 26.8. The zero-order valence-corrected chi connectivity index (χ0v) is 21.0. The highest BCUT2D eigenvalue weighted by molar-refractivity contribution is 5.94. The summed E-state index contributed by atoms with van der Waals surface area (Å²) in [4.78, 5) is 57.4. The first-order valence-corrected chi connectivity index (χ1v) is 11.9. The van der Waals surface area contributed by atoms with Crippen molar-refractivity contribution in [2.45, 2.75) is 64.7 Å². The van der Waals surface area contributed by atoms with Crippen molar-refractivity contribution in [2.24, 2.45) is 17.6 Å². The summed E-state index contributed by atoms with van der Waals surface area (Å²) in [6.45, 7) is 6.81. The Morgan fingerprint density at radius 1 is 0.889 bits per heavy atom. The number of imidazole rings is 1. The van der Waals surface area contributed by atoms with Crippen molar-refractivity contribution in [1.29, 1.82) is 0 Å². The molecule has 3 amide bonds. The summed E-state index contributed by atoms with van der Waals surface area (Å²) in [6, 6.07) is 5.21. The number of aliphatic carboxylic acids is 1. The van der Waals surface area contributed by atoms with E-state index in [-0.39, 0.29) is 24.7 Å². The Kier molecular flexibility index (Phi) is 10.6. The van der Waals surface area contributed by atoms with Crippen LogP contribution in [-0.4, -0.2) is 62.9 Å². The third kappa shape index (κ3) is 8.49. The summed E-state index contributed by atoms with van der Waals surface area (Å²) < 4.78 is 0. The number of nitrogens with one attached hydrogen (secondary N) is 4. The molecule has 2 aromatic rings. The molecule has 2 rings (SSSR count). The third-order valence-electron chi connectivity index (χ3n) is 5.72. The van der Waals surface area contributed by atoms with E-state index in [9.17, 15) is 24.3 Å². The molecule has 4 atom stereocenters. The van der Waals surface area contributed by atoms with Gasteiger partial charge in [0.2, 0.25) is 17.7 Å². The van der Waals surface area contributed by atoms with Crippen LogP contribution in [0.3, 0.4) is 0 Å². The molecule has 11 nitrogen and oxygen atoms in total. The van der Waals surface area contributed by atoms with Crippen LogP contribution in [0.25, 0.3) is 0 Å². The van der Waals surface area contributed by atoms with E-state index in [4.69, 9.17) is 5.73 Å². The van der Waals surface area contributed by atoms with E-state index in [2.05, 4.69) is 25.9 Å². The van der Waals surface area contributed by atoms with Gasteiger partial charge in [-0.05, 0) is 23.8 Å². The van der Waals surface area contributed by atoms with Crippen LogP contribution in [0, 0.1) is 11.8 Å². The van der Waals surface area contributed by atoms with Crippen molar-refractivity contribution >= 4 is 23.7 Å². The van der Waals surface area contributed by atoms with Gasteiger partial charge < -0.3 is 31.8 Å². The molecular formula is C25H36N6O5. The maximum atomic E-state index is 13.3. The Morgan fingerprint density at radius 3 is 2.03 bits per heavy atom. The molecule has 4 unspecified atom stereocenters. The van der Waals surface area contributed by atoms with Crippen LogP contribution in [0.2, 0.25) is 0 Å². The van der Waals surface area contributed by atoms with Crippen molar-refractivity contribution in [3.63, 3.8) is 0 Å². The Balaban J connectivity index is 2.15. The van der Waals surface area contributed by atoms with E-state index in [1.807, 2.05) is 30.3 Å². The predicted molar refractivity (Wildman–Crippen MR) is 134 cm³/mol. The summed E-state index contributed by atoms with van der Waals surface area (Å²) >= 11 is 0. The van der Waals surface area contributed by atoms with E-state index in [1.54, 1.807) is 27.7 Å². The number of benzene rings is 1. The highest BCUT2D eigenvalue weighted by Gasteiger charge is 2.33. The van der Waals surface area contributed by atoms with Crippen LogP contribution >= 0.6 is 0 Å². The minimum atomic E-state index is -1.16. The molecule has 1 aromatic heterocycles. The molecule has 0 aliphatic heterocycles. The summed E-state index contributed by atoms with van der Waals surface area (Å²) in [7, 11) is 0. The number of carbonyl (C=O) groups is 4. The van der Waals surface area contributed by atoms with E-state index in [0.717, 1.165) is 5.56 Å². The molecule has 0 aliphatic carbocycles. The Labute approximate surface area is 210 Å². The standard InChI is InChI=1S/C25H36N6O5/c1-14(2)20(24(34)31-21(15(3)4)25(35)36)30-23(33)19(11-17-12-27-13-28-17)29-22(32)18(26)10-16-8-6-5-7-9-16/h5-9,12-15,18-21H,10-11,26H2,1-4H3,(H,27,28)(H,29,32)(H,30,33)(H,31,34)(H,35,36). The van der Waals surface area contributed by atoms with Crippen LogP contribution in [0.5, 0.6) is 0 Å². The van der Waals surface area contributed by atoms with Crippen molar-refractivity contribution in [3.05, 3.63) is 54.1 Å². The molecule has 1 aromatic carbocycles. The fourth-order valence-corrected chi connectivity index (χ4v) is 3.61. The number of H-pyrrole nitrogens is 1. The molecule has 0 spiro atoms. The van der Waals surface area contributed by atoms with Crippen molar-refractivity contribution in [1.82, 2.24) is 25.9 Å². The van der Waals surface area contributed by atoms with E-state index in [0.29, 0.717) is 5.69 Å². The highest BCUT2D eigenvalue weighted by atomic mass is 16.4. The number of nitrogens with zero attached hydrogens (tertiary/aromatic N) is 1. The first-order chi connectivity index (χ1) is 17.0. The lowest BCUT2D eigenvalue weighted by Crippen LogP contribution is -2.59. The molecule has 0 saturated carbocycles. The van der Waals surface area contributed by atoms with Crippen LogP contribution in [0.1, 0.15) is 39.0 Å². The topological polar surface area (TPSA) is 179 Å². The summed E-state index contributed by atoms with van der Waals surface area (Å²) in [6.07, 6.45) is 3.36. The van der Waals surface area contributed by atoms with Gasteiger partial charge >= 0.3 is 5.97 Å². The van der Waals surface area contributed by atoms with Gasteiger partial charge in [0.05, 0.1) is 12.4 Å². The molecule has 196 valence electrons. The lowest BCUT2D eigenvalue weighted by atomic mass is 9.99. The second-order valence-electron chi connectivity index (χ2n) is 9.44. The molecule has 0 radical (unpaired) electrons. The fourth-order valence-electron chi connectivity index (χ4n) is 3.61. The monoisotopic (exact) mass is 500 g/mol. The van der Waals surface area contributed by atoms with Gasteiger partial charge in [0.1, 0.15) is 18.1 Å². The largest absolute Gasteiger partial charge is 0.480 e. The number of nitrogens with two attached hydrogens (primary N) is 1. The first kappa shape index (κ1) is 28.5. The van der Waals surface area contributed by atoms with Crippen LogP contribution in [-0.2, 0) is 32.0 Å². The summed E-state index contributed by atoms with van der Waals surface area (Å²) in [5, 5.41) is 17.3. The van der Waals surface area contributed by atoms with Gasteiger partial charge in [-0.15, -0.1) is 0 Å². The number of rotatable bonds is 13. The average molecular weight is 501 g/mol. The van der Waals surface area contributed by atoms with Gasteiger partial charge in [0.15, 0.2) is 0 Å². The van der Waals surface area contributed by atoms with Crippen LogP contribution in [0.4, 0.5) is 0 Å². The molecular weight excluding hydrogens is 464 g/mol. The van der Waals surface area contributed by atoms with Crippen LogP contribution < -0.4 is 21.7 Å². The van der Waals surface area contributed by atoms with Crippen molar-refractivity contribution < 1.29 is 24.3 Å². The quantitative estimate of drug-likeness (QED) is 0.230. The zero-order valence-electron chi connectivity index (χ0n) is 21.0. The summed E-state index contributed by atoms with van der Waals surface area (Å²) in [5.41, 5.74) is 7.58. The molecule has 0 bridgehead atoms. The van der Waals surface area contributed by atoms with Gasteiger partial charge in [-0.2, -0.15) is 0 Å². The number of amides is 3. The van der Waals surface area contributed by atoms with Crippen LogP contribution in [0.15, 0.2) is 42.9 Å². The molecule has 1 heterocycles. The second kappa shape index (κ2) is 13.4. The van der Waals surface area contributed by atoms with Gasteiger partial charge in [0.25, 0.3) is 0 Å². The Morgan fingerprint density at radius 2 is 1.50 bits per heavy atom. The number of hydrogen-bond acceptors (Lipinski definition) is 6. The molecule has 7 N–H and O–H groups in total. The van der Waals surface area contributed by atoms with Crippen molar-refractivity contribution in [2.75, 3.05) is 0 Å². The maximum absolute atomic E-state index is 13.3. The maximum Gasteiger partial charge on any atom is 0.326 e. The molecule has 0 fully saturated rings. The number of aromatic nitrogens is 2. The van der Waals surface area contributed by atoms with Crippen molar-refractivity contribution in [3.8, 4) is 0 Å². The number of hydrogen-bond donors (Lipinski definition) is 6. The lowest BCUT2D eigenvalue weighted by molar-refractivity contribution is -0.143. The average Bonchev–Trinajstić information content (AvgIpc) is 3.33. The Hall–Kier alpha value is -3.73. The minimum Gasteiger partial charge on any atom is -0.480 e. The minimum absolute atomic E-state index is 0.0891. The van der Waals surface area contributed by atoms with Gasteiger partial charge in [-0.3, -0.25) is 14.4 Å². The number of aromatic amines is 1. The molecule has 0 saturated heterocycles. The van der Waals surface area contributed by atoms with E-state index in [1.165, 1.54) is 12.5 Å². The normalized spacial score (nSPS) is 14.5. The number of carboxylic acid groups (broad SMARTS) is 1. The SMILES string of the molecule is CC(C)C(NC(=O)C(NC(=O)C(Cc1cnc[nH]1)NC(=O)C(N)Cc1ccccc1)C(C)C)C(=O)O. The fraction of sp³-hybridized carbons (Fsp3) is 0.480. The van der Waals surface area contributed by atoms with Gasteiger partial charge in [0, 0.05) is 18.3 Å². The number of carbonyl (C=O) groups excluding carboxylic acids is 3. The lowest BCUT2D eigenvalue weighted by Gasteiger charge is -2.27. The number of carboxylic acids is 1. The molecule has 11 heteroatoms. The second-order valence-corrected chi connectivity index (χ2v) is 9.44. The van der Waals surface area contributed by atoms with E-state index < -0.39 is 47.9 Å². The Bertz CT molecular complexity index is 1010. The first-order valence-electron chi connectivity index (χ1n) is 11.9. The third-order valence-corrected chi connectivity index (χ3v) is 5.72. The highest BCUT2D eigenvalue weighted by Crippen LogP contribution is 2.09. The smallest absolute Gasteiger partial charge is 0.326 e. The van der Waals surface area contributed by atoms with Gasteiger partial charge in [-0.25, -0.2) is 9.78 Å². The van der Waals surface area contributed by atoms with Gasteiger partial charge in [-0.1, -0.05) is 58.0 Å². The molecule has 0 aliphatic rings. The predicted octanol–water partition coefficient (Wildman–Crippen LogP) is 0.373.